The lowest BCUT2D eigenvalue weighted by molar-refractivity contribution is -0.149. The summed E-state index contributed by atoms with van der Waals surface area (Å²) in [5.74, 6) is -0.669. The topological polar surface area (TPSA) is 71.5 Å². The van der Waals surface area contributed by atoms with Gasteiger partial charge in [-0.15, -0.1) is 0 Å². The summed E-state index contributed by atoms with van der Waals surface area (Å²) >= 11 is 0. The second-order valence-electron chi connectivity index (χ2n) is 5.15. The molecule has 5 heteroatoms. The fraction of sp³-hybridized carbons (Fsp3) is 0.333. The fourth-order valence-electron chi connectivity index (χ4n) is 2.11. The van der Waals surface area contributed by atoms with Crippen LogP contribution in [0.3, 0.4) is 0 Å². The molecule has 0 aliphatic heterocycles. The summed E-state index contributed by atoms with van der Waals surface area (Å²) in [5.41, 5.74) is -0.0556. The Morgan fingerprint density at radius 2 is 2.04 bits per heavy atom. The van der Waals surface area contributed by atoms with Crippen molar-refractivity contribution < 1.29 is 14.3 Å². The van der Waals surface area contributed by atoms with Crippen LogP contribution < -0.4 is 0 Å². The molecule has 118 valence electrons. The number of carbonyl (C=O) groups excluding carboxylic acids is 2. The molecule has 0 saturated heterocycles. The van der Waals surface area contributed by atoms with Crippen LogP contribution in [0.25, 0.3) is 10.9 Å². The predicted octanol–water partition coefficient (Wildman–Crippen LogP) is 2.92. The van der Waals surface area contributed by atoms with E-state index in [1.165, 1.54) is 19.9 Å². The number of carbonyl (C=O) groups is 2. The van der Waals surface area contributed by atoms with Crippen LogP contribution >= 0.6 is 0 Å². The van der Waals surface area contributed by atoms with Gasteiger partial charge in [0.15, 0.2) is 17.3 Å². The van der Waals surface area contributed by atoms with Crippen molar-refractivity contribution in [2.24, 2.45) is 0 Å². The molecule has 0 bridgehead atoms. The zero-order chi connectivity index (χ0) is 17.5. The van der Waals surface area contributed by atoms with Crippen LogP contribution in [0.4, 0.5) is 0 Å². The summed E-state index contributed by atoms with van der Waals surface area (Å²) in [6.07, 6.45) is 3.10. The Morgan fingerprint density at radius 1 is 1.43 bits per heavy atom. The van der Waals surface area contributed by atoms with Crippen molar-refractivity contribution in [3.63, 3.8) is 0 Å². The number of nitriles is 1. The zero-order valence-corrected chi connectivity index (χ0v) is 13.4. The lowest BCUT2D eigenvalue weighted by Crippen LogP contribution is -2.43. The largest absolute Gasteiger partial charge is 0.465 e. The van der Waals surface area contributed by atoms with E-state index in [1.807, 2.05) is 6.07 Å². The van der Waals surface area contributed by atoms with E-state index < -0.39 is 17.4 Å². The van der Waals surface area contributed by atoms with Gasteiger partial charge in [0.05, 0.1) is 6.61 Å². The van der Waals surface area contributed by atoms with Crippen LogP contribution in [-0.4, -0.2) is 24.4 Å². The molecular weight excluding hydrogens is 292 g/mol. The van der Waals surface area contributed by atoms with Crippen molar-refractivity contribution in [3.05, 3.63) is 52.9 Å². The third-order valence-electron chi connectivity index (χ3n) is 3.52. The van der Waals surface area contributed by atoms with Crippen molar-refractivity contribution in [2.75, 3.05) is 6.61 Å². The highest BCUT2D eigenvalue weighted by Gasteiger charge is 2.49. The summed E-state index contributed by atoms with van der Waals surface area (Å²) in [6, 6.07) is 7.49. The molecule has 0 amide bonds. The smallest absolute Gasteiger partial charge is 0.326 e. The van der Waals surface area contributed by atoms with Gasteiger partial charge in [-0.2, -0.15) is 5.26 Å². The van der Waals surface area contributed by atoms with Gasteiger partial charge in [-0.1, -0.05) is 30.3 Å². The van der Waals surface area contributed by atoms with Crippen molar-refractivity contribution in [3.8, 4) is 6.07 Å². The maximum Gasteiger partial charge on any atom is 0.326 e. The fourth-order valence-corrected chi connectivity index (χ4v) is 2.11. The average molecular weight is 310 g/mol. The van der Waals surface area contributed by atoms with E-state index >= 15 is 0 Å². The highest BCUT2D eigenvalue weighted by Crippen LogP contribution is 2.32. The van der Waals surface area contributed by atoms with Gasteiger partial charge in [-0.25, -0.2) is 6.57 Å². The Morgan fingerprint density at radius 3 is 2.48 bits per heavy atom. The Labute approximate surface area is 136 Å². The minimum Gasteiger partial charge on any atom is -0.465 e. The summed E-state index contributed by atoms with van der Waals surface area (Å²) < 4.78 is 5.06. The van der Waals surface area contributed by atoms with Crippen molar-refractivity contribution >= 4 is 17.8 Å². The van der Waals surface area contributed by atoms with Gasteiger partial charge in [0.1, 0.15) is 0 Å². The third-order valence-corrected chi connectivity index (χ3v) is 3.52. The zero-order valence-electron chi connectivity index (χ0n) is 13.4. The number of hydrogen-bond donors (Lipinski definition) is 0. The van der Waals surface area contributed by atoms with Gasteiger partial charge in [-0.05, 0) is 38.0 Å². The summed E-state index contributed by atoms with van der Waals surface area (Å²) in [4.78, 5) is 26.6. The molecule has 0 aromatic heterocycles. The van der Waals surface area contributed by atoms with E-state index in [9.17, 15) is 14.9 Å². The number of esters is 1. The number of allylic oxidation sites excluding steroid dienone is 1. The van der Waals surface area contributed by atoms with Gasteiger partial charge in [0.2, 0.25) is 0 Å². The quantitative estimate of drug-likeness (QED) is 0.460. The van der Waals surface area contributed by atoms with E-state index in [0.717, 1.165) is 5.56 Å². The van der Waals surface area contributed by atoms with Gasteiger partial charge >= 0.3 is 12.0 Å². The summed E-state index contributed by atoms with van der Waals surface area (Å²) in [5, 5.41) is 9.22. The summed E-state index contributed by atoms with van der Waals surface area (Å²) in [7, 11) is 0. The van der Waals surface area contributed by atoms with Gasteiger partial charge in [0.25, 0.3) is 0 Å². The molecule has 0 saturated carbocycles. The molecule has 1 aromatic carbocycles. The van der Waals surface area contributed by atoms with Crippen molar-refractivity contribution in [1.82, 2.24) is 0 Å². The first-order valence-electron chi connectivity index (χ1n) is 7.12. The minimum atomic E-state index is -1.37. The normalized spacial score (nSPS) is 14.3. The molecule has 1 aromatic rings. The molecule has 0 N–H and O–H groups in total. The number of nitrogens with zero attached hydrogens (tertiary/aromatic N) is 2. The number of benzene rings is 1. The predicted molar refractivity (Wildman–Crippen MR) is 86.1 cm³/mol. The van der Waals surface area contributed by atoms with E-state index in [-0.39, 0.29) is 12.4 Å². The maximum atomic E-state index is 12.3. The highest BCUT2D eigenvalue weighted by atomic mass is 16.5. The minimum absolute atomic E-state index is 0.0667. The number of ketones is 1. The highest BCUT2D eigenvalue weighted by molar-refractivity contribution is 5.91. The second kappa shape index (κ2) is 7.91. The first-order valence-corrected chi connectivity index (χ1v) is 7.12. The van der Waals surface area contributed by atoms with Gasteiger partial charge in [-0.3, -0.25) is 14.4 Å². The Kier molecular flexibility index (Phi) is 6.24. The number of ether oxygens (including phenoxy) is 1. The lowest BCUT2D eigenvalue weighted by atomic mass is 9.76. The summed E-state index contributed by atoms with van der Waals surface area (Å²) in [6.45, 7) is 12.0. The number of hydrogen-bond acceptors (Lipinski definition) is 4. The van der Waals surface area contributed by atoms with E-state index in [4.69, 9.17) is 11.3 Å². The van der Waals surface area contributed by atoms with E-state index in [0.29, 0.717) is 5.56 Å². The molecule has 2 unspecified atom stereocenters. The molecule has 0 radical (unpaired) electrons. The molecule has 0 aliphatic carbocycles. The second-order valence-corrected chi connectivity index (χ2v) is 5.15. The van der Waals surface area contributed by atoms with Gasteiger partial charge in [0, 0.05) is 0 Å². The molecule has 2 atom stereocenters. The van der Waals surface area contributed by atoms with Crippen LogP contribution in [0.1, 0.15) is 31.9 Å². The first kappa shape index (κ1) is 18.1. The van der Waals surface area contributed by atoms with Crippen molar-refractivity contribution in [1.29, 1.82) is 5.26 Å². The molecule has 23 heavy (non-hydrogen) atoms. The average Bonchev–Trinajstić information content (AvgIpc) is 2.54. The van der Waals surface area contributed by atoms with Crippen LogP contribution in [0.5, 0.6) is 0 Å². The van der Waals surface area contributed by atoms with Crippen molar-refractivity contribution in [2.45, 2.75) is 32.2 Å². The molecule has 0 fully saturated rings. The first-order chi connectivity index (χ1) is 10.9. The number of rotatable bonds is 6. The molecule has 0 spiro atoms. The monoisotopic (exact) mass is 310 g/mol. The van der Waals surface area contributed by atoms with Crippen LogP contribution in [0.2, 0.25) is 0 Å². The third kappa shape index (κ3) is 4.05. The van der Waals surface area contributed by atoms with E-state index in [1.54, 1.807) is 37.3 Å². The molecule has 1 rings (SSSR count). The Balaban J connectivity index is 3.29. The van der Waals surface area contributed by atoms with Crippen LogP contribution in [0, 0.1) is 17.9 Å². The lowest BCUT2D eigenvalue weighted by Gasteiger charge is -2.25. The molecule has 5 nitrogen and oxygen atoms in total. The maximum absolute atomic E-state index is 12.3. The standard InChI is InChI=1S/C18H18N2O3/c1-5-23-17(22)18(3,16(12-19)20-4)15-10-8-14(9-11-15)7-6-13(2)21/h6-11,16H,5H2,1-3H3/b7-6+. The molecule has 0 aliphatic rings. The molecular formula is C18H18N2O3. The van der Waals surface area contributed by atoms with Crippen LogP contribution in [-0.2, 0) is 19.7 Å². The Bertz CT molecular complexity index is 678. The van der Waals surface area contributed by atoms with Crippen LogP contribution in [0.15, 0.2) is 30.3 Å². The SMILES string of the molecule is [C-]#[N+]C(C#N)C(C)(C(=O)OCC)c1ccc(/C=C/C(C)=O)cc1. The van der Waals surface area contributed by atoms with E-state index in [2.05, 4.69) is 4.85 Å². The van der Waals surface area contributed by atoms with Gasteiger partial charge < -0.3 is 4.74 Å². The Hall–Kier alpha value is -2.92. The molecule has 0 heterocycles.